The van der Waals surface area contributed by atoms with Gasteiger partial charge in [-0.05, 0) is 43.3 Å². The number of nitrogens with zero attached hydrogens (tertiary/aromatic N) is 3. The number of aromatic amines is 1. The van der Waals surface area contributed by atoms with Crippen molar-refractivity contribution in [2.75, 3.05) is 7.11 Å². The molecule has 0 radical (unpaired) electrons. The van der Waals surface area contributed by atoms with E-state index in [4.69, 9.17) is 9.72 Å². The number of hydrogen-bond donors (Lipinski definition) is 1. The van der Waals surface area contributed by atoms with Gasteiger partial charge >= 0.3 is 19.5 Å². The topological polar surface area (TPSA) is 63.7 Å². The van der Waals surface area contributed by atoms with E-state index in [2.05, 4.69) is 34.0 Å². The molecule has 0 spiro atoms. The van der Waals surface area contributed by atoms with E-state index in [1.165, 1.54) is 5.56 Å². The van der Waals surface area contributed by atoms with Gasteiger partial charge in [0.25, 0.3) is 0 Å². The molecular weight excluding hydrogens is 568 g/mol. The number of hydrogen-bond acceptors (Lipinski definition) is 4. The van der Waals surface area contributed by atoms with E-state index in [0.29, 0.717) is 0 Å². The van der Waals surface area contributed by atoms with Gasteiger partial charge in [0.15, 0.2) is 0 Å². The van der Waals surface area contributed by atoms with Gasteiger partial charge in [0.2, 0.25) is 0 Å². The SMILES string of the molecule is COc1cccc(-c2nc3c4cccnc4c4ncccc4c3[nH]2)c1.Cc1ccccc1.[Cl-].[Cl-].[Ru+2]. The number of H-pyrrole nitrogens is 1. The number of halogens is 2. The molecule has 3 heterocycles. The maximum atomic E-state index is 5.33. The van der Waals surface area contributed by atoms with E-state index in [1.807, 2.05) is 66.7 Å². The Morgan fingerprint density at radius 2 is 1.37 bits per heavy atom. The molecule has 0 fully saturated rings. The van der Waals surface area contributed by atoms with Gasteiger partial charge in [-0.25, -0.2) is 4.98 Å². The molecule has 0 amide bonds. The van der Waals surface area contributed by atoms with Gasteiger partial charge in [0, 0.05) is 28.7 Å². The Kier molecular flexibility index (Phi) is 10.1. The van der Waals surface area contributed by atoms with Crippen molar-refractivity contribution in [3.8, 4) is 17.1 Å². The molecule has 0 atom stereocenters. The molecule has 6 aromatic rings. The van der Waals surface area contributed by atoms with E-state index in [9.17, 15) is 0 Å². The zero-order valence-corrected chi connectivity index (χ0v) is 22.3. The van der Waals surface area contributed by atoms with Crippen molar-refractivity contribution in [2.24, 2.45) is 0 Å². The van der Waals surface area contributed by atoms with Crippen LogP contribution in [0.3, 0.4) is 0 Å². The molecule has 8 heteroatoms. The van der Waals surface area contributed by atoms with Crippen molar-refractivity contribution in [2.45, 2.75) is 6.92 Å². The van der Waals surface area contributed by atoms with Crippen molar-refractivity contribution < 1.29 is 49.0 Å². The van der Waals surface area contributed by atoms with E-state index in [0.717, 1.165) is 50.0 Å². The summed E-state index contributed by atoms with van der Waals surface area (Å²) in [5, 5.41) is 2.01. The van der Waals surface area contributed by atoms with Crippen LogP contribution in [0.5, 0.6) is 5.75 Å². The summed E-state index contributed by atoms with van der Waals surface area (Å²) >= 11 is 0. The van der Waals surface area contributed by atoms with Crippen LogP contribution in [-0.2, 0) is 19.5 Å². The predicted octanol–water partition coefficient (Wildman–Crippen LogP) is 0.335. The number of rotatable bonds is 2. The number of imidazole rings is 1. The summed E-state index contributed by atoms with van der Waals surface area (Å²) in [6.07, 6.45) is 3.58. The van der Waals surface area contributed by atoms with Gasteiger partial charge < -0.3 is 34.5 Å². The zero-order valence-electron chi connectivity index (χ0n) is 19.0. The molecule has 5 nitrogen and oxygen atoms in total. The number of methoxy groups -OCH3 is 1. The predicted molar refractivity (Wildman–Crippen MR) is 130 cm³/mol. The van der Waals surface area contributed by atoms with Crippen molar-refractivity contribution in [1.82, 2.24) is 19.9 Å². The molecule has 0 aliphatic carbocycles. The van der Waals surface area contributed by atoms with Crippen LogP contribution in [0.25, 0.3) is 44.2 Å². The Hall–Kier alpha value is -3.05. The summed E-state index contributed by atoms with van der Waals surface area (Å²) in [4.78, 5) is 17.4. The van der Waals surface area contributed by atoms with Crippen LogP contribution in [0.15, 0.2) is 91.3 Å². The summed E-state index contributed by atoms with van der Waals surface area (Å²) in [6, 6.07) is 26.1. The maximum Gasteiger partial charge on any atom is 2.00 e. The van der Waals surface area contributed by atoms with Crippen molar-refractivity contribution >= 4 is 32.8 Å². The number of nitrogens with one attached hydrogen (secondary N) is 1. The summed E-state index contributed by atoms with van der Waals surface area (Å²) in [5.41, 5.74) is 5.93. The monoisotopic (exact) mass is 590 g/mol. The first kappa shape index (κ1) is 28.2. The minimum atomic E-state index is 0. The average Bonchev–Trinajstić information content (AvgIpc) is 3.31. The summed E-state index contributed by atoms with van der Waals surface area (Å²) in [6.45, 7) is 2.08. The Bertz CT molecular complexity index is 1470. The molecule has 3 aromatic carbocycles. The molecule has 0 aliphatic heterocycles. The van der Waals surface area contributed by atoms with Crippen molar-refractivity contribution in [1.29, 1.82) is 0 Å². The fourth-order valence-corrected chi connectivity index (χ4v) is 3.79. The number of benzene rings is 3. The number of pyridine rings is 2. The smallest absolute Gasteiger partial charge is 1.00 e. The quantitative estimate of drug-likeness (QED) is 0.234. The molecule has 6 rings (SSSR count). The maximum absolute atomic E-state index is 5.33. The molecule has 0 unspecified atom stereocenters. The third kappa shape index (κ3) is 5.79. The van der Waals surface area contributed by atoms with Crippen LogP contribution in [0.1, 0.15) is 5.56 Å². The number of aryl methyl sites for hydroxylation is 1. The fourth-order valence-electron chi connectivity index (χ4n) is 3.79. The van der Waals surface area contributed by atoms with Crippen LogP contribution in [0, 0.1) is 6.92 Å². The minimum absolute atomic E-state index is 0. The molecular formula is C27H22Cl2N4ORu. The summed E-state index contributed by atoms with van der Waals surface area (Å²) < 4.78 is 5.33. The fraction of sp³-hybridized carbons (Fsp3) is 0.0741. The van der Waals surface area contributed by atoms with Crippen molar-refractivity contribution in [3.05, 3.63) is 96.8 Å². The second-order valence-corrected chi connectivity index (χ2v) is 7.49. The van der Waals surface area contributed by atoms with Crippen LogP contribution in [0.4, 0.5) is 0 Å². The molecule has 3 aromatic heterocycles. The number of ether oxygens (including phenoxy) is 1. The van der Waals surface area contributed by atoms with Crippen LogP contribution >= 0.6 is 0 Å². The molecule has 35 heavy (non-hydrogen) atoms. The zero-order chi connectivity index (χ0) is 21.9. The Morgan fingerprint density at radius 1 is 0.714 bits per heavy atom. The number of fused-ring (bicyclic) bond motifs is 6. The van der Waals surface area contributed by atoms with Gasteiger partial charge in [-0.15, -0.1) is 0 Å². The summed E-state index contributed by atoms with van der Waals surface area (Å²) in [5.74, 6) is 1.60. The second kappa shape index (κ2) is 12.6. The van der Waals surface area contributed by atoms with Crippen LogP contribution in [0.2, 0.25) is 0 Å². The van der Waals surface area contributed by atoms with E-state index in [1.54, 1.807) is 19.5 Å². The van der Waals surface area contributed by atoms with E-state index >= 15 is 0 Å². The van der Waals surface area contributed by atoms with Gasteiger partial charge in [-0.3, -0.25) is 9.97 Å². The third-order valence-corrected chi connectivity index (χ3v) is 5.35. The molecule has 0 saturated carbocycles. The van der Waals surface area contributed by atoms with Gasteiger partial charge in [0.1, 0.15) is 11.6 Å². The van der Waals surface area contributed by atoms with Crippen molar-refractivity contribution in [3.63, 3.8) is 0 Å². The van der Waals surface area contributed by atoms with Gasteiger partial charge in [-0.1, -0.05) is 48.0 Å². The van der Waals surface area contributed by atoms with Gasteiger partial charge in [0.05, 0.1) is 29.2 Å². The minimum Gasteiger partial charge on any atom is -1.00 e. The first-order valence-electron chi connectivity index (χ1n) is 10.4. The Morgan fingerprint density at radius 3 is 2.00 bits per heavy atom. The number of aromatic nitrogens is 4. The van der Waals surface area contributed by atoms with Crippen LogP contribution < -0.4 is 29.6 Å². The van der Waals surface area contributed by atoms with Gasteiger partial charge in [-0.2, -0.15) is 0 Å². The molecule has 1 N–H and O–H groups in total. The normalized spacial score (nSPS) is 9.89. The molecule has 178 valence electrons. The molecule has 0 aliphatic rings. The van der Waals surface area contributed by atoms with E-state index in [-0.39, 0.29) is 44.3 Å². The van der Waals surface area contributed by atoms with Crippen LogP contribution in [-0.4, -0.2) is 27.0 Å². The summed E-state index contributed by atoms with van der Waals surface area (Å²) in [7, 11) is 1.66. The van der Waals surface area contributed by atoms with E-state index < -0.39 is 0 Å². The average molecular weight is 590 g/mol. The first-order chi connectivity index (χ1) is 15.7. The standard InChI is InChI=1S/C20H14N4O.C7H8.2ClH.Ru/c1-25-13-6-2-5-12(11-13)20-23-18-14-7-3-9-21-16(14)17-15(19(18)24-20)8-4-10-22-17;1-7-5-3-2-4-6-7;;;/h2-11H,1H3,(H,23,24);2-6H,1H3;2*1H;/q;;;;+2/p-2. The molecule has 0 bridgehead atoms. The third-order valence-electron chi connectivity index (χ3n) is 5.35. The first-order valence-corrected chi connectivity index (χ1v) is 10.4. The molecule has 0 saturated heterocycles. The second-order valence-electron chi connectivity index (χ2n) is 7.49. The largest absolute Gasteiger partial charge is 2.00 e. The Balaban J connectivity index is 0.000000378. The Labute approximate surface area is 228 Å².